The third-order valence-corrected chi connectivity index (χ3v) is 5.19. The van der Waals surface area contributed by atoms with E-state index in [-0.39, 0.29) is 18.3 Å². The second kappa shape index (κ2) is 7.54. The van der Waals surface area contributed by atoms with Crippen LogP contribution in [0, 0.1) is 0 Å². The van der Waals surface area contributed by atoms with E-state index in [1.165, 1.54) is 11.3 Å². The molecule has 3 rings (SSSR count). The molecular formula is C13H17BrClN5OS. The molecule has 1 saturated heterocycles. The normalized spacial score (nSPS) is 15.4. The van der Waals surface area contributed by atoms with E-state index in [2.05, 4.69) is 36.6 Å². The molecule has 9 heteroatoms. The first-order valence-electron chi connectivity index (χ1n) is 6.80. The van der Waals surface area contributed by atoms with Gasteiger partial charge in [-0.05, 0) is 47.9 Å². The molecule has 2 aromatic rings. The summed E-state index contributed by atoms with van der Waals surface area (Å²) in [6.45, 7) is 1.99. The zero-order valence-electron chi connectivity index (χ0n) is 12.0. The number of aryl methyl sites for hydroxylation is 1. The van der Waals surface area contributed by atoms with Crippen LogP contribution in [0.15, 0.2) is 15.9 Å². The van der Waals surface area contributed by atoms with Crippen molar-refractivity contribution in [3.05, 3.63) is 26.6 Å². The molecule has 0 radical (unpaired) electrons. The van der Waals surface area contributed by atoms with Crippen LogP contribution in [-0.4, -0.2) is 33.8 Å². The summed E-state index contributed by atoms with van der Waals surface area (Å²) in [4.78, 5) is 17.3. The van der Waals surface area contributed by atoms with Crippen LogP contribution in [0.5, 0.6) is 0 Å². The Labute approximate surface area is 147 Å². The Hall–Kier alpha value is -0.960. The van der Waals surface area contributed by atoms with Crippen molar-refractivity contribution >= 4 is 51.5 Å². The van der Waals surface area contributed by atoms with Crippen molar-refractivity contribution in [2.45, 2.75) is 18.8 Å². The second-order valence-electron chi connectivity index (χ2n) is 5.02. The smallest absolute Gasteiger partial charge is 0.268 e. The second-order valence-corrected chi connectivity index (χ2v) is 6.85. The van der Waals surface area contributed by atoms with Gasteiger partial charge < -0.3 is 5.32 Å². The van der Waals surface area contributed by atoms with Crippen molar-refractivity contribution in [2.24, 2.45) is 7.05 Å². The standard InChI is InChI=1S/C13H16BrN5OS.ClH/c1-19-13(17-12(20)10-6-9(14)7-21-10)16-11(18-19)8-2-4-15-5-3-8;/h6-8,15H,2-5H2,1H3,(H,16,17,18,20);1H. The van der Waals surface area contributed by atoms with Crippen LogP contribution in [0.3, 0.4) is 0 Å². The molecule has 1 aliphatic rings. The van der Waals surface area contributed by atoms with Crippen molar-refractivity contribution in [1.29, 1.82) is 0 Å². The first-order valence-corrected chi connectivity index (χ1v) is 8.48. The Kier molecular flexibility index (Phi) is 5.96. The Balaban J connectivity index is 0.00000176. The van der Waals surface area contributed by atoms with Gasteiger partial charge in [0.2, 0.25) is 5.95 Å². The highest BCUT2D eigenvalue weighted by Crippen LogP contribution is 2.24. The summed E-state index contributed by atoms with van der Waals surface area (Å²) in [5.41, 5.74) is 0. The van der Waals surface area contributed by atoms with Crippen LogP contribution in [0.25, 0.3) is 0 Å². The lowest BCUT2D eigenvalue weighted by atomic mass is 9.98. The molecule has 0 bridgehead atoms. The van der Waals surface area contributed by atoms with E-state index in [1.807, 2.05) is 5.38 Å². The molecule has 120 valence electrons. The number of amides is 1. The third-order valence-electron chi connectivity index (χ3n) is 3.50. The molecule has 0 saturated carbocycles. The summed E-state index contributed by atoms with van der Waals surface area (Å²) in [5, 5.41) is 12.5. The van der Waals surface area contributed by atoms with Crippen LogP contribution in [0.4, 0.5) is 5.95 Å². The maximum Gasteiger partial charge on any atom is 0.268 e. The van der Waals surface area contributed by atoms with Crippen LogP contribution < -0.4 is 10.6 Å². The number of carbonyl (C=O) groups is 1. The van der Waals surface area contributed by atoms with Gasteiger partial charge in [-0.25, -0.2) is 4.68 Å². The van der Waals surface area contributed by atoms with E-state index >= 15 is 0 Å². The van der Waals surface area contributed by atoms with Gasteiger partial charge in [0.15, 0.2) is 5.82 Å². The fraction of sp³-hybridized carbons (Fsp3) is 0.462. The van der Waals surface area contributed by atoms with Crippen LogP contribution >= 0.6 is 39.7 Å². The van der Waals surface area contributed by atoms with Crippen LogP contribution in [0.2, 0.25) is 0 Å². The predicted molar refractivity (Wildman–Crippen MR) is 93.1 cm³/mol. The van der Waals surface area contributed by atoms with Gasteiger partial charge in [-0.1, -0.05) is 0 Å². The number of carbonyl (C=O) groups excluding carboxylic acids is 1. The average Bonchev–Trinajstić information content (AvgIpc) is 3.07. The van der Waals surface area contributed by atoms with E-state index in [9.17, 15) is 4.79 Å². The van der Waals surface area contributed by atoms with E-state index in [1.54, 1.807) is 17.8 Å². The molecule has 0 atom stereocenters. The van der Waals surface area contributed by atoms with Gasteiger partial charge in [-0.15, -0.1) is 23.7 Å². The lowest BCUT2D eigenvalue weighted by Crippen LogP contribution is -2.27. The molecule has 1 amide bonds. The molecule has 0 aliphatic carbocycles. The molecule has 6 nitrogen and oxygen atoms in total. The summed E-state index contributed by atoms with van der Waals surface area (Å²) in [6, 6.07) is 1.80. The Morgan fingerprint density at radius 2 is 2.23 bits per heavy atom. The fourth-order valence-electron chi connectivity index (χ4n) is 2.36. The number of nitrogens with one attached hydrogen (secondary N) is 2. The Morgan fingerprint density at radius 1 is 1.50 bits per heavy atom. The number of rotatable bonds is 3. The van der Waals surface area contributed by atoms with Gasteiger partial charge in [0.05, 0.1) is 4.88 Å². The summed E-state index contributed by atoms with van der Waals surface area (Å²) < 4.78 is 2.55. The molecular weight excluding hydrogens is 390 g/mol. The van der Waals surface area contributed by atoms with E-state index < -0.39 is 0 Å². The van der Waals surface area contributed by atoms with Crippen molar-refractivity contribution < 1.29 is 4.79 Å². The number of piperidine rings is 1. The van der Waals surface area contributed by atoms with Crippen molar-refractivity contribution in [1.82, 2.24) is 20.1 Å². The van der Waals surface area contributed by atoms with Crippen LogP contribution in [0.1, 0.15) is 34.3 Å². The monoisotopic (exact) mass is 405 g/mol. The maximum absolute atomic E-state index is 12.2. The molecule has 22 heavy (non-hydrogen) atoms. The molecule has 1 aliphatic heterocycles. The number of halogens is 2. The largest absolute Gasteiger partial charge is 0.317 e. The van der Waals surface area contributed by atoms with Crippen molar-refractivity contribution in [3.8, 4) is 0 Å². The number of nitrogens with zero attached hydrogens (tertiary/aromatic N) is 3. The lowest BCUT2D eigenvalue weighted by Gasteiger charge is -2.19. The number of hydrogen-bond acceptors (Lipinski definition) is 5. The molecule has 0 unspecified atom stereocenters. The lowest BCUT2D eigenvalue weighted by molar-refractivity contribution is 0.102. The van der Waals surface area contributed by atoms with Gasteiger partial charge in [-0.2, -0.15) is 10.1 Å². The van der Waals surface area contributed by atoms with Gasteiger partial charge in [0.25, 0.3) is 5.91 Å². The minimum atomic E-state index is -0.155. The first kappa shape index (κ1) is 17.4. The van der Waals surface area contributed by atoms with E-state index in [0.717, 1.165) is 36.2 Å². The van der Waals surface area contributed by atoms with E-state index in [4.69, 9.17) is 0 Å². The molecule has 2 N–H and O–H groups in total. The number of thiophene rings is 1. The van der Waals surface area contributed by atoms with Crippen molar-refractivity contribution in [2.75, 3.05) is 18.4 Å². The minimum absolute atomic E-state index is 0. The van der Waals surface area contributed by atoms with Crippen LogP contribution in [-0.2, 0) is 7.05 Å². The molecule has 0 aromatic carbocycles. The number of anilines is 1. The number of aromatic nitrogens is 3. The third kappa shape index (κ3) is 3.87. The van der Waals surface area contributed by atoms with Gasteiger partial charge >= 0.3 is 0 Å². The highest BCUT2D eigenvalue weighted by Gasteiger charge is 2.21. The Morgan fingerprint density at radius 3 is 2.86 bits per heavy atom. The van der Waals surface area contributed by atoms with Gasteiger partial charge in [0, 0.05) is 22.8 Å². The fourth-order valence-corrected chi connectivity index (χ4v) is 3.68. The molecule has 2 aromatic heterocycles. The SMILES string of the molecule is Cl.Cn1nc(C2CCNCC2)nc1NC(=O)c1cc(Br)cs1. The minimum Gasteiger partial charge on any atom is -0.317 e. The number of hydrogen-bond donors (Lipinski definition) is 2. The highest BCUT2D eigenvalue weighted by molar-refractivity contribution is 9.10. The summed E-state index contributed by atoms with van der Waals surface area (Å²) >= 11 is 4.74. The van der Waals surface area contributed by atoms with Gasteiger partial charge in [-0.3, -0.25) is 10.1 Å². The summed E-state index contributed by atoms with van der Waals surface area (Å²) in [6.07, 6.45) is 2.07. The quantitative estimate of drug-likeness (QED) is 0.822. The topological polar surface area (TPSA) is 71.8 Å². The molecule has 3 heterocycles. The summed E-state index contributed by atoms with van der Waals surface area (Å²) in [5.74, 6) is 1.54. The zero-order valence-corrected chi connectivity index (χ0v) is 15.2. The maximum atomic E-state index is 12.2. The summed E-state index contributed by atoms with van der Waals surface area (Å²) in [7, 11) is 1.80. The first-order chi connectivity index (χ1) is 10.1. The van der Waals surface area contributed by atoms with Gasteiger partial charge in [0.1, 0.15) is 0 Å². The highest BCUT2D eigenvalue weighted by atomic mass is 79.9. The molecule has 1 fully saturated rings. The zero-order chi connectivity index (χ0) is 14.8. The van der Waals surface area contributed by atoms with Crippen molar-refractivity contribution in [3.63, 3.8) is 0 Å². The predicted octanol–water partition coefficient (Wildman–Crippen LogP) is 2.78. The molecule has 0 spiro atoms. The Bertz CT molecular complexity index is 653. The van der Waals surface area contributed by atoms with E-state index in [0.29, 0.717) is 16.7 Å². The average molecular weight is 407 g/mol.